The molecule has 1 amide bonds. The fourth-order valence-electron chi connectivity index (χ4n) is 2.42. The van der Waals surface area contributed by atoms with Crippen molar-refractivity contribution in [1.29, 1.82) is 0 Å². The summed E-state index contributed by atoms with van der Waals surface area (Å²) in [4.78, 5) is 15.9. The monoisotopic (exact) mass is 247 g/mol. The molecule has 1 aromatic heterocycles. The highest BCUT2D eigenvalue weighted by atomic mass is 16.1. The number of pyridine rings is 1. The average Bonchev–Trinajstić information content (AvgIpc) is 2.40. The fourth-order valence-corrected chi connectivity index (χ4v) is 2.42. The molecule has 2 atom stereocenters. The molecule has 1 fully saturated rings. The lowest BCUT2D eigenvalue weighted by Gasteiger charge is -2.29. The summed E-state index contributed by atoms with van der Waals surface area (Å²) in [6.07, 6.45) is 9.18. The van der Waals surface area contributed by atoms with Crippen LogP contribution in [-0.4, -0.2) is 23.0 Å². The van der Waals surface area contributed by atoms with Crippen LogP contribution in [0.5, 0.6) is 0 Å². The van der Waals surface area contributed by atoms with Gasteiger partial charge in [0.15, 0.2) is 0 Å². The second kappa shape index (κ2) is 6.50. The molecule has 0 aliphatic heterocycles. The van der Waals surface area contributed by atoms with Crippen LogP contribution in [0.4, 0.5) is 0 Å². The molecule has 0 unspecified atom stereocenters. The van der Waals surface area contributed by atoms with Crippen LogP contribution in [0.2, 0.25) is 0 Å². The van der Waals surface area contributed by atoms with E-state index in [1.807, 2.05) is 12.1 Å². The van der Waals surface area contributed by atoms with E-state index in [0.717, 1.165) is 24.8 Å². The first-order chi connectivity index (χ1) is 8.75. The predicted octanol–water partition coefficient (Wildman–Crippen LogP) is 1.40. The summed E-state index contributed by atoms with van der Waals surface area (Å²) in [6, 6.07) is 4.18. The van der Waals surface area contributed by atoms with Gasteiger partial charge in [-0.3, -0.25) is 9.78 Å². The molecule has 0 aromatic carbocycles. The summed E-state index contributed by atoms with van der Waals surface area (Å²) < 4.78 is 0. The molecule has 18 heavy (non-hydrogen) atoms. The molecule has 4 nitrogen and oxygen atoms in total. The van der Waals surface area contributed by atoms with Gasteiger partial charge in [-0.2, -0.15) is 0 Å². The van der Waals surface area contributed by atoms with Crippen molar-refractivity contribution in [2.75, 3.05) is 0 Å². The number of nitrogens with two attached hydrogens (primary N) is 1. The second-order valence-electron chi connectivity index (χ2n) is 4.98. The normalized spacial score (nSPS) is 23.6. The van der Waals surface area contributed by atoms with E-state index >= 15 is 0 Å². The van der Waals surface area contributed by atoms with Crippen molar-refractivity contribution in [2.24, 2.45) is 5.73 Å². The highest BCUT2D eigenvalue weighted by Crippen LogP contribution is 2.17. The van der Waals surface area contributed by atoms with E-state index in [1.165, 1.54) is 12.8 Å². The number of aryl methyl sites for hydroxylation is 1. The minimum absolute atomic E-state index is 0.0983. The molecule has 98 valence electrons. The quantitative estimate of drug-likeness (QED) is 0.845. The first kappa shape index (κ1) is 13.0. The smallest absolute Gasteiger partial charge is 0.220 e. The van der Waals surface area contributed by atoms with Crippen LogP contribution in [-0.2, 0) is 11.2 Å². The Morgan fingerprint density at radius 1 is 1.44 bits per heavy atom. The standard InChI is InChI=1S/C14H21N3O/c15-12-5-1-2-6-13(12)17-14(18)8-7-11-4-3-9-16-10-11/h3-4,9-10,12-13H,1-2,5-8,15H2,(H,17,18)/t12-,13-/m1/s1. The molecule has 0 bridgehead atoms. The first-order valence-corrected chi connectivity index (χ1v) is 6.69. The average molecular weight is 247 g/mol. The Bertz CT molecular complexity index is 380. The molecule has 1 aliphatic carbocycles. The minimum Gasteiger partial charge on any atom is -0.352 e. The number of nitrogens with one attached hydrogen (secondary N) is 1. The number of aromatic nitrogens is 1. The maximum Gasteiger partial charge on any atom is 0.220 e. The van der Waals surface area contributed by atoms with Gasteiger partial charge in [-0.1, -0.05) is 18.9 Å². The second-order valence-corrected chi connectivity index (χ2v) is 4.98. The molecule has 0 spiro atoms. The molecule has 1 saturated carbocycles. The molecular formula is C14H21N3O. The Kier molecular flexibility index (Phi) is 4.70. The Labute approximate surface area is 108 Å². The molecule has 1 aromatic rings. The number of nitrogens with zero attached hydrogens (tertiary/aromatic N) is 1. The van der Waals surface area contributed by atoms with E-state index in [1.54, 1.807) is 12.4 Å². The van der Waals surface area contributed by atoms with Crippen LogP contribution >= 0.6 is 0 Å². The van der Waals surface area contributed by atoms with Crippen molar-refractivity contribution in [3.8, 4) is 0 Å². The Morgan fingerprint density at radius 3 is 3.00 bits per heavy atom. The van der Waals surface area contributed by atoms with Crippen molar-refractivity contribution < 1.29 is 4.79 Å². The summed E-state index contributed by atoms with van der Waals surface area (Å²) in [7, 11) is 0. The fraction of sp³-hybridized carbons (Fsp3) is 0.571. The van der Waals surface area contributed by atoms with Crippen LogP contribution in [0.1, 0.15) is 37.7 Å². The van der Waals surface area contributed by atoms with Gasteiger partial charge in [0.1, 0.15) is 0 Å². The summed E-state index contributed by atoms with van der Waals surface area (Å²) in [5.74, 6) is 0.0983. The zero-order valence-electron chi connectivity index (χ0n) is 10.6. The summed E-state index contributed by atoms with van der Waals surface area (Å²) in [5, 5.41) is 3.05. The van der Waals surface area contributed by atoms with Gasteiger partial charge < -0.3 is 11.1 Å². The topological polar surface area (TPSA) is 68.0 Å². The number of hydrogen-bond acceptors (Lipinski definition) is 3. The SMILES string of the molecule is N[C@@H]1CCCC[C@H]1NC(=O)CCc1cccnc1. The van der Waals surface area contributed by atoms with Gasteiger partial charge in [0.25, 0.3) is 0 Å². The molecule has 0 saturated heterocycles. The maximum atomic E-state index is 11.8. The van der Waals surface area contributed by atoms with Crippen LogP contribution in [0.3, 0.4) is 0 Å². The summed E-state index contributed by atoms with van der Waals surface area (Å²) in [6.45, 7) is 0. The predicted molar refractivity (Wildman–Crippen MR) is 70.9 cm³/mol. The highest BCUT2D eigenvalue weighted by molar-refractivity contribution is 5.76. The first-order valence-electron chi connectivity index (χ1n) is 6.69. The number of carbonyl (C=O) groups excluding carboxylic acids is 1. The number of carbonyl (C=O) groups is 1. The highest BCUT2D eigenvalue weighted by Gasteiger charge is 2.22. The third-order valence-electron chi connectivity index (χ3n) is 3.53. The van der Waals surface area contributed by atoms with E-state index in [-0.39, 0.29) is 18.0 Å². The van der Waals surface area contributed by atoms with E-state index in [9.17, 15) is 4.79 Å². The van der Waals surface area contributed by atoms with E-state index in [0.29, 0.717) is 6.42 Å². The molecular weight excluding hydrogens is 226 g/mol. The van der Waals surface area contributed by atoms with Crippen molar-refractivity contribution in [3.05, 3.63) is 30.1 Å². The van der Waals surface area contributed by atoms with Crippen molar-refractivity contribution in [2.45, 2.75) is 50.6 Å². The van der Waals surface area contributed by atoms with Crippen LogP contribution < -0.4 is 11.1 Å². The lowest BCUT2D eigenvalue weighted by Crippen LogP contribution is -2.49. The maximum absolute atomic E-state index is 11.8. The third-order valence-corrected chi connectivity index (χ3v) is 3.53. The Morgan fingerprint density at radius 2 is 2.28 bits per heavy atom. The lowest BCUT2D eigenvalue weighted by molar-refractivity contribution is -0.122. The van der Waals surface area contributed by atoms with Crippen molar-refractivity contribution in [1.82, 2.24) is 10.3 Å². The molecule has 4 heteroatoms. The Balaban J connectivity index is 1.75. The summed E-state index contributed by atoms with van der Waals surface area (Å²) in [5.41, 5.74) is 7.11. The van der Waals surface area contributed by atoms with Gasteiger partial charge in [-0.05, 0) is 30.9 Å². The lowest BCUT2D eigenvalue weighted by atomic mass is 9.91. The third kappa shape index (κ3) is 3.81. The number of rotatable bonds is 4. The molecule has 0 radical (unpaired) electrons. The minimum atomic E-state index is 0.0983. The van der Waals surface area contributed by atoms with Gasteiger partial charge in [0, 0.05) is 30.9 Å². The van der Waals surface area contributed by atoms with Crippen LogP contribution in [0, 0.1) is 0 Å². The zero-order chi connectivity index (χ0) is 12.8. The van der Waals surface area contributed by atoms with Crippen LogP contribution in [0.25, 0.3) is 0 Å². The Hall–Kier alpha value is -1.42. The van der Waals surface area contributed by atoms with Gasteiger partial charge in [-0.15, -0.1) is 0 Å². The van der Waals surface area contributed by atoms with Crippen molar-refractivity contribution in [3.63, 3.8) is 0 Å². The number of amides is 1. The van der Waals surface area contributed by atoms with E-state index < -0.39 is 0 Å². The molecule has 3 N–H and O–H groups in total. The van der Waals surface area contributed by atoms with E-state index in [2.05, 4.69) is 10.3 Å². The largest absolute Gasteiger partial charge is 0.352 e. The van der Waals surface area contributed by atoms with Gasteiger partial charge in [-0.25, -0.2) is 0 Å². The van der Waals surface area contributed by atoms with Gasteiger partial charge in [0.05, 0.1) is 0 Å². The van der Waals surface area contributed by atoms with E-state index in [4.69, 9.17) is 5.73 Å². The molecule has 1 aliphatic rings. The van der Waals surface area contributed by atoms with Gasteiger partial charge in [0.2, 0.25) is 5.91 Å². The molecule has 1 heterocycles. The van der Waals surface area contributed by atoms with Crippen molar-refractivity contribution >= 4 is 5.91 Å². The zero-order valence-corrected chi connectivity index (χ0v) is 10.6. The summed E-state index contributed by atoms with van der Waals surface area (Å²) >= 11 is 0. The van der Waals surface area contributed by atoms with Gasteiger partial charge >= 0.3 is 0 Å². The van der Waals surface area contributed by atoms with Crippen LogP contribution in [0.15, 0.2) is 24.5 Å². The number of hydrogen-bond donors (Lipinski definition) is 2. The molecule has 2 rings (SSSR count).